The maximum absolute atomic E-state index is 13.9. The summed E-state index contributed by atoms with van der Waals surface area (Å²) in [5.74, 6) is 2.06. The molecule has 6 aromatic carbocycles. The van der Waals surface area contributed by atoms with Crippen LogP contribution in [0.25, 0.3) is 39.5 Å². The highest BCUT2D eigenvalue weighted by molar-refractivity contribution is 6.31. The SMILES string of the molecule is CC(C)(C)OC(=O)Nc1cc(Cl)ccc1C(=O)N1CCC2(CC1)Oc1cc(Cl)ccc1-n1cccc12.CC(C)Oc1ccc(C(=O)N2CCC3(CC2)Oc2ccc(F)cc2-c2nn(C)cc23)cc1CO.Cn1ncc2c1-c1ccccc1OC21CCN(C(=O)c2cc(-c3ccc(F)cc3)on2)CC1.[HH].[HH]. The summed E-state index contributed by atoms with van der Waals surface area (Å²) in [4.78, 5) is 57.6. The minimum Gasteiger partial charge on any atom is -0.491 e. The zero-order chi connectivity index (χ0) is 72.3. The van der Waals surface area contributed by atoms with Crippen molar-refractivity contribution in [2.24, 2.45) is 14.1 Å². The highest BCUT2D eigenvalue weighted by atomic mass is 35.5. The second-order valence-electron chi connectivity index (χ2n) is 27.8. The molecule has 25 heteroatoms. The highest BCUT2D eigenvalue weighted by Crippen LogP contribution is 2.52. The Bertz CT molecular complexity index is 4910. The number of likely N-dealkylation sites (tertiary alicyclic amines) is 3. The third-order valence-corrected chi connectivity index (χ3v) is 20.0. The van der Waals surface area contributed by atoms with Gasteiger partial charge in [0.2, 0.25) is 0 Å². The summed E-state index contributed by atoms with van der Waals surface area (Å²) in [7, 11) is 3.78. The molecule has 103 heavy (non-hydrogen) atoms. The number of aryl methyl sites for hydroxylation is 2. The molecule has 4 amide bonds. The number of aliphatic hydroxyl groups excluding tert-OH is 1. The number of fused-ring (bicyclic) bond motifs is 12. The van der Waals surface area contributed by atoms with Crippen LogP contribution in [0.4, 0.5) is 19.3 Å². The number of aliphatic hydroxyl groups is 1. The molecule has 0 aliphatic carbocycles. The van der Waals surface area contributed by atoms with Crippen molar-refractivity contribution >= 4 is 52.7 Å². The van der Waals surface area contributed by atoms with Crippen LogP contribution in [0.3, 0.4) is 0 Å². The molecule has 0 atom stereocenters. The first kappa shape index (κ1) is 69.6. The Labute approximate surface area is 606 Å². The van der Waals surface area contributed by atoms with E-state index in [1.165, 1.54) is 24.3 Å². The first-order valence-electron chi connectivity index (χ1n) is 34.2. The number of amides is 4. The Kier molecular flexibility index (Phi) is 18.7. The van der Waals surface area contributed by atoms with Crippen LogP contribution in [0.15, 0.2) is 163 Å². The van der Waals surface area contributed by atoms with Crippen molar-refractivity contribution in [3.63, 3.8) is 0 Å². The molecule has 3 spiro atoms. The fourth-order valence-electron chi connectivity index (χ4n) is 14.5. The predicted molar refractivity (Wildman–Crippen MR) is 386 cm³/mol. The Hall–Kier alpha value is -10.5. The average Bonchev–Trinajstić information content (AvgIpc) is 1.64. The number of nitrogens with zero attached hydrogens (tertiary/aromatic N) is 9. The molecule has 21 nitrogen and oxygen atoms in total. The van der Waals surface area contributed by atoms with Crippen molar-refractivity contribution in [2.45, 2.75) is 108 Å². The molecular formula is C78H80Cl2F2N10O11. The first-order valence-corrected chi connectivity index (χ1v) is 34.9. The standard InChI is InChI=1S/C27H27Cl2N3O4.C26H28FN3O4.C25H21FN4O3.2H2/c1-26(2,3)36-25(34)30-20-15-17(28)6-8-19(20)24(33)31-13-10-27(11-14-31)23-5-4-12-32(23)21-9-7-18(29)16-22(21)35-27;1-16(2)33-22-6-4-17(12-18(22)15-31)25(32)30-10-8-26(9-11-30)21-14-29(3)28-24(21)20-13-19(27)5-7-23(20)34-26;1-29-23-18-4-2-3-5-21(18)32-25(19(23)15-27-29)10-12-30(13-11-25)24(31)20-14-22(33-28-20)16-6-8-17(26)9-7-16;;/h4-9,12,15-16H,10-11,13-14H2,1-3H3,(H,30,34);4-7,12-14,16,31H,8-11,15H2,1-3H3;2-9,14-15H,10-13H2,1H3;2*1H. The molecule has 16 rings (SSSR count). The average molecular weight is 1440 g/mol. The van der Waals surface area contributed by atoms with E-state index in [2.05, 4.69) is 31.3 Å². The second kappa shape index (κ2) is 27.7. The van der Waals surface area contributed by atoms with Crippen molar-refractivity contribution in [3.05, 3.63) is 219 Å². The summed E-state index contributed by atoms with van der Waals surface area (Å²) >= 11 is 12.4. The van der Waals surface area contributed by atoms with Crippen molar-refractivity contribution in [1.82, 2.24) is 44.0 Å². The second-order valence-corrected chi connectivity index (χ2v) is 28.7. The molecule has 0 unspecified atom stereocenters. The molecule has 2 N–H and O–H groups in total. The molecule has 6 aliphatic heterocycles. The molecular weight excluding hydrogens is 1360 g/mol. The predicted octanol–water partition coefficient (Wildman–Crippen LogP) is 15.6. The van der Waals surface area contributed by atoms with Crippen molar-refractivity contribution in [2.75, 3.05) is 44.6 Å². The number of halogens is 4. The van der Waals surface area contributed by atoms with Crippen LogP contribution in [0, 0.1) is 11.6 Å². The van der Waals surface area contributed by atoms with Gasteiger partial charge in [-0.25, -0.2) is 13.6 Å². The Morgan fingerprint density at radius 2 is 1.30 bits per heavy atom. The normalized spacial score (nSPS) is 16.2. The summed E-state index contributed by atoms with van der Waals surface area (Å²) in [5.41, 5.74) is 7.80. The van der Waals surface area contributed by atoms with Gasteiger partial charge in [-0.15, -0.1) is 0 Å². The minimum absolute atomic E-state index is 0. The van der Waals surface area contributed by atoms with Crippen LogP contribution in [-0.4, -0.2) is 124 Å². The van der Waals surface area contributed by atoms with Crippen LogP contribution >= 0.6 is 23.2 Å². The van der Waals surface area contributed by atoms with Crippen molar-refractivity contribution in [3.8, 4) is 62.5 Å². The molecule has 3 saturated heterocycles. The summed E-state index contributed by atoms with van der Waals surface area (Å²) in [6.07, 6.45) is 8.86. The number of aromatic nitrogens is 6. The number of para-hydroxylation sites is 1. The smallest absolute Gasteiger partial charge is 0.412 e. The number of nitrogens with one attached hydrogen (secondary N) is 1. The number of anilines is 1. The fraction of sp³-hybridized carbons (Fsp3) is 0.321. The van der Waals surface area contributed by atoms with Gasteiger partial charge in [0.25, 0.3) is 17.7 Å². The van der Waals surface area contributed by atoms with Gasteiger partial charge >= 0.3 is 6.09 Å². The molecule has 6 aliphatic rings. The lowest BCUT2D eigenvalue weighted by atomic mass is 9.81. The topological polar surface area (TPSA) is 223 Å². The molecule has 536 valence electrons. The van der Waals surface area contributed by atoms with E-state index >= 15 is 0 Å². The number of carbonyl (C=O) groups is 4. The zero-order valence-electron chi connectivity index (χ0n) is 57.8. The number of hydrogen-bond donors (Lipinski definition) is 2. The molecule has 0 saturated carbocycles. The van der Waals surface area contributed by atoms with E-state index in [4.69, 9.17) is 51.4 Å². The van der Waals surface area contributed by atoms with Gasteiger partial charge in [-0.05, 0) is 150 Å². The van der Waals surface area contributed by atoms with E-state index in [0.29, 0.717) is 139 Å². The van der Waals surface area contributed by atoms with E-state index in [-0.39, 0.29) is 50.6 Å². The van der Waals surface area contributed by atoms with Gasteiger partial charge < -0.3 is 52.6 Å². The van der Waals surface area contributed by atoms with Gasteiger partial charge in [0.15, 0.2) is 17.1 Å². The van der Waals surface area contributed by atoms with Crippen LogP contribution < -0.4 is 24.3 Å². The van der Waals surface area contributed by atoms with E-state index in [1.807, 2.05) is 105 Å². The molecule has 0 radical (unpaired) electrons. The van der Waals surface area contributed by atoms with Crippen molar-refractivity contribution in [1.29, 1.82) is 0 Å². The lowest BCUT2D eigenvalue weighted by Gasteiger charge is -2.45. The van der Waals surface area contributed by atoms with Crippen LogP contribution in [0.1, 0.15) is 130 Å². The van der Waals surface area contributed by atoms with E-state index < -0.39 is 28.5 Å². The first-order chi connectivity index (χ1) is 49.4. The maximum atomic E-state index is 13.9. The van der Waals surface area contributed by atoms with Crippen molar-refractivity contribution < 1.29 is 64.1 Å². The third kappa shape index (κ3) is 13.8. The quantitative estimate of drug-likeness (QED) is 0.144. The molecule has 10 heterocycles. The Balaban J connectivity index is 0.000000147. The largest absolute Gasteiger partial charge is 0.491 e. The maximum Gasteiger partial charge on any atom is 0.412 e. The lowest BCUT2D eigenvalue weighted by Crippen LogP contribution is -2.50. The molecule has 4 aromatic heterocycles. The van der Waals surface area contributed by atoms with Crippen LogP contribution in [0.5, 0.6) is 23.0 Å². The van der Waals surface area contributed by atoms with Crippen LogP contribution in [0.2, 0.25) is 10.0 Å². The molecule has 3 fully saturated rings. The monoisotopic (exact) mass is 1440 g/mol. The summed E-state index contributed by atoms with van der Waals surface area (Å²) in [5, 5.41) is 26.5. The summed E-state index contributed by atoms with van der Waals surface area (Å²) in [6.45, 7) is 12.0. The van der Waals surface area contributed by atoms with Gasteiger partial charge in [-0.3, -0.25) is 29.1 Å². The summed E-state index contributed by atoms with van der Waals surface area (Å²) < 4.78 is 68.9. The molecule has 10 aromatic rings. The number of ether oxygens (including phenoxy) is 5. The van der Waals surface area contributed by atoms with E-state index in [0.717, 1.165) is 51.0 Å². The number of hydrogen-bond acceptors (Lipinski definition) is 14. The van der Waals surface area contributed by atoms with Crippen LogP contribution in [-0.2, 0) is 42.2 Å². The zero-order valence-corrected chi connectivity index (χ0v) is 59.4. The van der Waals surface area contributed by atoms with Gasteiger partial charge in [-0.1, -0.05) is 40.5 Å². The minimum atomic E-state index is -0.672. The fourth-order valence-corrected chi connectivity index (χ4v) is 14.9. The number of rotatable bonds is 8. The number of benzene rings is 6. The third-order valence-electron chi connectivity index (χ3n) is 19.5. The summed E-state index contributed by atoms with van der Waals surface area (Å²) in [6, 6.07) is 39.7. The number of carbonyl (C=O) groups excluding carboxylic acids is 4. The Morgan fingerprint density at radius 1 is 0.670 bits per heavy atom. The van der Waals surface area contributed by atoms with Gasteiger partial charge in [0, 0.05) is 168 Å². The highest BCUT2D eigenvalue weighted by Gasteiger charge is 2.49. The van der Waals surface area contributed by atoms with Gasteiger partial charge in [-0.2, -0.15) is 10.2 Å². The van der Waals surface area contributed by atoms with E-state index in [1.54, 1.807) is 95.9 Å². The Morgan fingerprint density at radius 3 is 2.00 bits per heavy atom. The molecule has 0 bridgehead atoms. The number of piperidine rings is 3. The lowest BCUT2D eigenvalue weighted by molar-refractivity contribution is -0.00934. The van der Waals surface area contributed by atoms with Gasteiger partial charge in [0.05, 0.1) is 47.2 Å². The van der Waals surface area contributed by atoms with Gasteiger partial charge in [0.1, 0.15) is 57.1 Å². The van der Waals surface area contributed by atoms with E-state index in [9.17, 15) is 33.1 Å².